The van der Waals surface area contributed by atoms with E-state index in [-0.39, 0.29) is 0 Å². The lowest BCUT2D eigenvalue weighted by molar-refractivity contribution is 0.570. The molecular formula is C25H30N2. The molecule has 2 N–H and O–H groups in total. The summed E-state index contributed by atoms with van der Waals surface area (Å²) in [5, 5.41) is 2.72. The Kier molecular flexibility index (Phi) is 5.62. The van der Waals surface area contributed by atoms with Crippen molar-refractivity contribution in [3.8, 4) is 0 Å². The quantitative estimate of drug-likeness (QED) is 0.290. The van der Waals surface area contributed by atoms with Crippen LogP contribution in [0.2, 0.25) is 0 Å². The van der Waals surface area contributed by atoms with Gasteiger partial charge in [-0.25, -0.2) is 0 Å². The Morgan fingerprint density at radius 1 is 0.667 bits per heavy atom. The first-order valence-electron chi connectivity index (χ1n) is 10.5. The van der Waals surface area contributed by atoms with Crippen molar-refractivity contribution in [3.05, 3.63) is 72.1 Å². The summed E-state index contributed by atoms with van der Waals surface area (Å²) in [4.78, 5) is 6.97. The maximum Gasteiger partial charge on any atom is 0.0457 e. The number of fused-ring (bicyclic) bond motifs is 2. The molecule has 0 spiro atoms. The van der Waals surface area contributed by atoms with E-state index >= 15 is 0 Å². The first-order valence-corrected chi connectivity index (χ1v) is 10.5. The van der Waals surface area contributed by atoms with Crippen molar-refractivity contribution in [1.82, 2.24) is 9.97 Å². The van der Waals surface area contributed by atoms with Gasteiger partial charge in [-0.05, 0) is 29.7 Å². The third kappa shape index (κ3) is 3.80. The van der Waals surface area contributed by atoms with Gasteiger partial charge in [0, 0.05) is 40.1 Å². The van der Waals surface area contributed by atoms with Gasteiger partial charge >= 0.3 is 0 Å². The molecule has 0 saturated carbocycles. The summed E-state index contributed by atoms with van der Waals surface area (Å²) in [6.07, 6.45) is 13.7. The van der Waals surface area contributed by atoms with Crippen LogP contribution < -0.4 is 0 Å². The number of rotatable bonds is 9. The van der Waals surface area contributed by atoms with Crippen molar-refractivity contribution < 1.29 is 0 Å². The molecule has 2 heterocycles. The van der Waals surface area contributed by atoms with Gasteiger partial charge in [-0.2, -0.15) is 0 Å². The highest BCUT2D eigenvalue weighted by Crippen LogP contribution is 2.38. The summed E-state index contributed by atoms with van der Waals surface area (Å²) >= 11 is 0. The van der Waals surface area contributed by atoms with E-state index in [0.717, 1.165) is 0 Å². The topological polar surface area (TPSA) is 31.6 Å². The van der Waals surface area contributed by atoms with Crippen molar-refractivity contribution in [2.75, 3.05) is 0 Å². The standard InChI is InChI=1S/C25H30N2/c1-2-3-4-5-6-7-12-19(22-17-26-24-15-10-8-13-20(22)24)23-18-27-25-16-11-9-14-21(23)25/h8-11,13-19,26-27H,2-7,12H2,1H3. The third-order valence-corrected chi connectivity index (χ3v) is 5.84. The molecule has 2 aromatic heterocycles. The van der Waals surface area contributed by atoms with Crippen LogP contribution in [0.3, 0.4) is 0 Å². The van der Waals surface area contributed by atoms with Crippen LogP contribution in [0, 0.1) is 0 Å². The van der Waals surface area contributed by atoms with Crippen LogP contribution in [0.25, 0.3) is 21.8 Å². The smallest absolute Gasteiger partial charge is 0.0457 e. The van der Waals surface area contributed by atoms with E-state index in [0.29, 0.717) is 5.92 Å². The van der Waals surface area contributed by atoms with E-state index in [1.165, 1.54) is 77.9 Å². The largest absolute Gasteiger partial charge is 0.361 e. The maximum absolute atomic E-state index is 3.49. The zero-order chi connectivity index (χ0) is 18.5. The summed E-state index contributed by atoms with van der Waals surface area (Å²) in [7, 11) is 0. The van der Waals surface area contributed by atoms with E-state index in [9.17, 15) is 0 Å². The molecule has 0 fully saturated rings. The second-order valence-electron chi connectivity index (χ2n) is 7.69. The van der Waals surface area contributed by atoms with Crippen LogP contribution >= 0.6 is 0 Å². The molecule has 0 unspecified atom stereocenters. The average molecular weight is 359 g/mol. The highest BCUT2D eigenvalue weighted by molar-refractivity contribution is 5.88. The molecule has 0 aliphatic carbocycles. The molecule has 2 nitrogen and oxygen atoms in total. The molecule has 0 bridgehead atoms. The van der Waals surface area contributed by atoms with Gasteiger partial charge < -0.3 is 9.97 Å². The van der Waals surface area contributed by atoms with Gasteiger partial charge in [0.05, 0.1) is 0 Å². The summed E-state index contributed by atoms with van der Waals surface area (Å²) in [6, 6.07) is 17.4. The Morgan fingerprint density at radius 2 is 1.19 bits per heavy atom. The van der Waals surface area contributed by atoms with Crippen molar-refractivity contribution in [3.63, 3.8) is 0 Å². The van der Waals surface area contributed by atoms with Gasteiger partial charge in [0.2, 0.25) is 0 Å². The number of aromatic amines is 2. The zero-order valence-electron chi connectivity index (χ0n) is 16.3. The lowest BCUT2D eigenvalue weighted by Gasteiger charge is -2.17. The summed E-state index contributed by atoms with van der Waals surface area (Å²) < 4.78 is 0. The number of benzene rings is 2. The van der Waals surface area contributed by atoms with Gasteiger partial charge in [0.15, 0.2) is 0 Å². The molecule has 4 aromatic rings. The lowest BCUT2D eigenvalue weighted by Crippen LogP contribution is -2.00. The minimum Gasteiger partial charge on any atom is -0.361 e. The van der Waals surface area contributed by atoms with Crippen molar-refractivity contribution in [2.24, 2.45) is 0 Å². The molecule has 0 saturated heterocycles. The molecule has 0 aliphatic heterocycles. The normalized spacial score (nSPS) is 11.8. The first kappa shape index (κ1) is 17.9. The first-order chi connectivity index (χ1) is 13.4. The van der Waals surface area contributed by atoms with Crippen LogP contribution in [0.4, 0.5) is 0 Å². The van der Waals surface area contributed by atoms with Crippen molar-refractivity contribution in [1.29, 1.82) is 0 Å². The van der Waals surface area contributed by atoms with E-state index in [1.54, 1.807) is 0 Å². The molecule has 0 radical (unpaired) electrons. The second kappa shape index (κ2) is 8.47. The molecule has 27 heavy (non-hydrogen) atoms. The SMILES string of the molecule is CCCCCCCCC(c1c[nH]c2ccccc12)c1c[nH]c2ccccc12. The van der Waals surface area contributed by atoms with Gasteiger partial charge in [-0.15, -0.1) is 0 Å². The van der Waals surface area contributed by atoms with Crippen molar-refractivity contribution >= 4 is 21.8 Å². The molecule has 2 aromatic carbocycles. The Bertz CT molecular complexity index is 918. The fraction of sp³-hybridized carbons (Fsp3) is 0.360. The Balaban J connectivity index is 1.63. The van der Waals surface area contributed by atoms with E-state index in [2.05, 4.69) is 77.8 Å². The number of hydrogen-bond donors (Lipinski definition) is 2. The van der Waals surface area contributed by atoms with Crippen molar-refractivity contribution in [2.45, 2.75) is 57.8 Å². The fourth-order valence-corrected chi connectivity index (χ4v) is 4.37. The summed E-state index contributed by atoms with van der Waals surface area (Å²) in [5.74, 6) is 0.434. The number of para-hydroxylation sites is 2. The maximum atomic E-state index is 3.49. The van der Waals surface area contributed by atoms with Crippen LogP contribution in [0.15, 0.2) is 60.9 Å². The fourth-order valence-electron chi connectivity index (χ4n) is 4.37. The Morgan fingerprint density at radius 3 is 1.78 bits per heavy atom. The summed E-state index contributed by atoms with van der Waals surface area (Å²) in [6.45, 7) is 2.28. The van der Waals surface area contributed by atoms with Crippen LogP contribution in [-0.4, -0.2) is 9.97 Å². The highest BCUT2D eigenvalue weighted by atomic mass is 14.7. The van der Waals surface area contributed by atoms with Crippen LogP contribution in [-0.2, 0) is 0 Å². The molecule has 0 atom stereocenters. The highest BCUT2D eigenvalue weighted by Gasteiger charge is 2.20. The van der Waals surface area contributed by atoms with Crippen LogP contribution in [0.5, 0.6) is 0 Å². The minimum atomic E-state index is 0.434. The number of aromatic nitrogens is 2. The predicted octanol–water partition coefficient (Wildman–Crippen LogP) is 7.53. The van der Waals surface area contributed by atoms with Gasteiger partial charge in [0.1, 0.15) is 0 Å². The van der Waals surface area contributed by atoms with Gasteiger partial charge in [-0.1, -0.05) is 81.8 Å². The minimum absolute atomic E-state index is 0.434. The molecule has 140 valence electrons. The number of nitrogens with one attached hydrogen (secondary N) is 2. The molecular weight excluding hydrogens is 328 g/mol. The van der Waals surface area contributed by atoms with E-state index in [4.69, 9.17) is 0 Å². The van der Waals surface area contributed by atoms with E-state index in [1.807, 2.05) is 0 Å². The number of H-pyrrole nitrogens is 2. The van der Waals surface area contributed by atoms with Crippen LogP contribution in [0.1, 0.15) is 68.9 Å². The van der Waals surface area contributed by atoms with Gasteiger partial charge in [0.25, 0.3) is 0 Å². The van der Waals surface area contributed by atoms with Gasteiger partial charge in [-0.3, -0.25) is 0 Å². The molecule has 0 amide bonds. The Labute approximate surface area is 162 Å². The molecule has 2 heteroatoms. The van der Waals surface area contributed by atoms with E-state index < -0.39 is 0 Å². The number of hydrogen-bond acceptors (Lipinski definition) is 0. The Hall–Kier alpha value is -2.48. The lowest BCUT2D eigenvalue weighted by atomic mass is 9.86. The average Bonchev–Trinajstić information content (AvgIpc) is 3.32. The predicted molar refractivity (Wildman–Crippen MR) is 116 cm³/mol. The number of unbranched alkanes of at least 4 members (excludes halogenated alkanes) is 5. The monoisotopic (exact) mass is 358 g/mol. The molecule has 0 aliphatic rings. The molecule has 4 rings (SSSR count). The second-order valence-corrected chi connectivity index (χ2v) is 7.69. The third-order valence-electron chi connectivity index (χ3n) is 5.84. The summed E-state index contributed by atoms with van der Waals surface area (Å²) in [5.41, 5.74) is 5.34. The zero-order valence-corrected chi connectivity index (χ0v) is 16.3.